The zero-order chi connectivity index (χ0) is 14.7. The molecule has 1 aliphatic rings. The van der Waals surface area contributed by atoms with Crippen molar-refractivity contribution in [2.45, 2.75) is 39.0 Å². The third kappa shape index (κ3) is 2.84. The molecule has 110 valence electrons. The average molecular weight is 283 g/mol. The van der Waals surface area contributed by atoms with Gasteiger partial charge < -0.3 is 10.1 Å². The lowest BCUT2D eigenvalue weighted by Gasteiger charge is -2.17. The van der Waals surface area contributed by atoms with Gasteiger partial charge in [-0.15, -0.1) is 0 Å². The van der Waals surface area contributed by atoms with E-state index in [9.17, 15) is 0 Å². The van der Waals surface area contributed by atoms with Crippen LogP contribution in [0.25, 0.3) is 0 Å². The number of nitrogens with one attached hydrogen (secondary N) is 1. The minimum absolute atomic E-state index is 0.646. The molecule has 0 aliphatic heterocycles. The van der Waals surface area contributed by atoms with Gasteiger partial charge in [-0.05, 0) is 55.4 Å². The fraction of sp³-hybridized carbons (Fsp3) is 0.412. The first-order valence-corrected chi connectivity index (χ1v) is 7.63. The van der Waals surface area contributed by atoms with Crippen molar-refractivity contribution in [1.82, 2.24) is 9.97 Å². The van der Waals surface area contributed by atoms with Crippen LogP contribution in [0.4, 0.5) is 5.82 Å². The number of benzene rings is 1. The number of anilines is 1. The molecule has 0 saturated carbocycles. The molecule has 1 N–H and O–H groups in total. The van der Waals surface area contributed by atoms with E-state index in [0.29, 0.717) is 5.88 Å². The highest BCUT2D eigenvalue weighted by Crippen LogP contribution is 2.30. The van der Waals surface area contributed by atoms with Crippen LogP contribution < -0.4 is 10.1 Å². The third-order valence-electron chi connectivity index (χ3n) is 4.03. The summed E-state index contributed by atoms with van der Waals surface area (Å²) in [5.74, 6) is 2.35. The summed E-state index contributed by atoms with van der Waals surface area (Å²) >= 11 is 0. The maximum absolute atomic E-state index is 6.02. The Kier molecular flexibility index (Phi) is 4.04. The quantitative estimate of drug-likeness (QED) is 0.928. The topological polar surface area (TPSA) is 47.0 Å². The molecule has 0 unspecified atom stereocenters. The minimum atomic E-state index is 0.646. The maximum atomic E-state index is 6.02. The van der Waals surface area contributed by atoms with Crippen LogP contribution in [0.2, 0.25) is 0 Å². The van der Waals surface area contributed by atoms with Gasteiger partial charge in [0.1, 0.15) is 17.9 Å². The fourth-order valence-electron chi connectivity index (χ4n) is 2.90. The van der Waals surface area contributed by atoms with Crippen LogP contribution in [-0.2, 0) is 19.3 Å². The number of ether oxygens (including phenoxy) is 1. The Morgan fingerprint density at radius 3 is 2.71 bits per heavy atom. The number of nitrogens with zero attached hydrogens (tertiary/aromatic N) is 2. The molecule has 0 bridgehead atoms. The van der Waals surface area contributed by atoms with E-state index in [2.05, 4.69) is 34.3 Å². The zero-order valence-corrected chi connectivity index (χ0v) is 12.6. The molecule has 1 aliphatic carbocycles. The third-order valence-corrected chi connectivity index (χ3v) is 4.03. The Hall–Kier alpha value is -2.10. The molecule has 0 fully saturated rings. The Bertz CT molecular complexity index is 640. The molecule has 4 nitrogen and oxygen atoms in total. The lowest BCUT2D eigenvalue weighted by atomic mass is 9.92. The van der Waals surface area contributed by atoms with Gasteiger partial charge in [-0.1, -0.05) is 13.0 Å². The van der Waals surface area contributed by atoms with Crippen LogP contribution in [0, 0.1) is 0 Å². The number of aryl methyl sites for hydroxylation is 2. The summed E-state index contributed by atoms with van der Waals surface area (Å²) in [5.41, 5.74) is 3.89. The largest absolute Gasteiger partial charge is 0.439 e. The molecule has 0 saturated heterocycles. The molecule has 0 amide bonds. The van der Waals surface area contributed by atoms with Crippen molar-refractivity contribution in [2.75, 3.05) is 12.4 Å². The van der Waals surface area contributed by atoms with Gasteiger partial charge in [0.05, 0.1) is 5.56 Å². The van der Waals surface area contributed by atoms with E-state index in [4.69, 9.17) is 4.74 Å². The number of fused-ring (bicyclic) bond motifs is 1. The average Bonchev–Trinajstić information content (AvgIpc) is 2.54. The molecule has 2 aromatic rings. The lowest BCUT2D eigenvalue weighted by Crippen LogP contribution is -2.04. The maximum Gasteiger partial charge on any atom is 0.227 e. The van der Waals surface area contributed by atoms with Gasteiger partial charge in [-0.2, -0.15) is 0 Å². The summed E-state index contributed by atoms with van der Waals surface area (Å²) in [4.78, 5) is 8.53. The molecular weight excluding hydrogens is 262 g/mol. The van der Waals surface area contributed by atoms with E-state index in [1.165, 1.54) is 30.4 Å². The number of aromatic nitrogens is 2. The van der Waals surface area contributed by atoms with Crippen LogP contribution in [0.3, 0.4) is 0 Å². The summed E-state index contributed by atoms with van der Waals surface area (Å²) < 4.78 is 6.02. The molecule has 0 spiro atoms. The minimum Gasteiger partial charge on any atom is -0.439 e. The molecule has 1 heterocycles. The smallest absolute Gasteiger partial charge is 0.227 e. The van der Waals surface area contributed by atoms with Crippen molar-refractivity contribution >= 4 is 5.82 Å². The summed E-state index contributed by atoms with van der Waals surface area (Å²) in [5, 5.41) is 3.09. The van der Waals surface area contributed by atoms with E-state index in [-0.39, 0.29) is 0 Å². The SMILES string of the molecule is CCc1c(NC)ncnc1Oc1ccc2c(c1)CCCC2. The Morgan fingerprint density at radius 1 is 1.14 bits per heavy atom. The van der Waals surface area contributed by atoms with Crippen LogP contribution in [0.1, 0.15) is 36.5 Å². The van der Waals surface area contributed by atoms with Crippen molar-refractivity contribution in [1.29, 1.82) is 0 Å². The molecule has 0 atom stereocenters. The second kappa shape index (κ2) is 6.12. The second-order valence-corrected chi connectivity index (χ2v) is 5.35. The predicted molar refractivity (Wildman–Crippen MR) is 84.1 cm³/mol. The van der Waals surface area contributed by atoms with Gasteiger partial charge in [-0.3, -0.25) is 0 Å². The van der Waals surface area contributed by atoms with Crippen molar-refractivity contribution in [3.63, 3.8) is 0 Å². The molecule has 4 heteroatoms. The van der Waals surface area contributed by atoms with Crippen LogP contribution in [0.15, 0.2) is 24.5 Å². The standard InChI is InChI=1S/C17H21N3O/c1-3-15-16(18-2)19-11-20-17(15)21-14-9-8-12-6-4-5-7-13(12)10-14/h8-11H,3-7H2,1-2H3,(H,18,19,20). The van der Waals surface area contributed by atoms with Crippen LogP contribution >= 0.6 is 0 Å². The number of hydrogen-bond donors (Lipinski definition) is 1. The lowest BCUT2D eigenvalue weighted by molar-refractivity contribution is 0.454. The molecule has 0 radical (unpaired) electrons. The fourth-order valence-corrected chi connectivity index (χ4v) is 2.90. The zero-order valence-electron chi connectivity index (χ0n) is 12.6. The van der Waals surface area contributed by atoms with Gasteiger partial charge in [0.2, 0.25) is 5.88 Å². The van der Waals surface area contributed by atoms with Crippen LogP contribution in [-0.4, -0.2) is 17.0 Å². The van der Waals surface area contributed by atoms with Crippen molar-refractivity contribution in [2.24, 2.45) is 0 Å². The van der Waals surface area contributed by atoms with E-state index in [1.54, 1.807) is 6.33 Å². The van der Waals surface area contributed by atoms with E-state index in [0.717, 1.165) is 30.0 Å². The van der Waals surface area contributed by atoms with E-state index in [1.807, 2.05) is 13.1 Å². The van der Waals surface area contributed by atoms with Crippen molar-refractivity contribution < 1.29 is 4.74 Å². The van der Waals surface area contributed by atoms with Crippen molar-refractivity contribution in [3.8, 4) is 11.6 Å². The molecule has 1 aromatic carbocycles. The first-order valence-electron chi connectivity index (χ1n) is 7.63. The van der Waals surface area contributed by atoms with Gasteiger partial charge in [0.25, 0.3) is 0 Å². The van der Waals surface area contributed by atoms with E-state index < -0.39 is 0 Å². The van der Waals surface area contributed by atoms with Gasteiger partial charge in [0, 0.05) is 7.05 Å². The molecular formula is C17H21N3O. The van der Waals surface area contributed by atoms with E-state index >= 15 is 0 Å². The highest BCUT2D eigenvalue weighted by atomic mass is 16.5. The molecule has 3 rings (SSSR count). The summed E-state index contributed by atoms with van der Waals surface area (Å²) in [6.45, 7) is 2.08. The van der Waals surface area contributed by atoms with Gasteiger partial charge in [0.15, 0.2) is 0 Å². The Balaban J connectivity index is 1.90. The summed E-state index contributed by atoms with van der Waals surface area (Å²) in [6.07, 6.45) is 7.28. The van der Waals surface area contributed by atoms with Gasteiger partial charge in [-0.25, -0.2) is 9.97 Å². The molecule has 1 aromatic heterocycles. The summed E-state index contributed by atoms with van der Waals surface area (Å²) in [7, 11) is 1.87. The first-order chi connectivity index (χ1) is 10.3. The highest BCUT2D eigenvalue weighted by Gasteiger charge is 2.13. The number of hydrogen-bond acceptors (Lipinski definition) is 4. The monoisotopic (exact) mass is 283 g/mol. The second-order valence-electron chi connectivity index (χ2n) is 5.35. The molecule has 21 heavy (non-hydrogen) atoms. The number of rotatable bonds is 4. The summed E-state index contributed by atoms with van der Waals surface area (Å²) in [6, 6.07) is 6.40. The normalized spacial score (nSPS) is 13.6. The van der Waals surface area contributed by atoms with Crippen LogP contribution in [0.5, 0.6) is 11.6 Å². The van der Waals surface area contributed by atoms with Crippen molar-refractivity contribution in [3.05, 3.63) is 41.2 Å². The Labute approximate surface area is 125 Å². The highest BCUT2D eigenvalue weighted by molar-refractivity contribution is 5.49. The first kappa shape index (κ1) is 13.9. The Morgan fingerprint density at radius 2 is 1.95 bits per heavy atom. The van der Waals surface area contributed by atoms with Gasteiger partial charge >= 0.3 is 0 Å². The predicted octanol–water partition coefficient (Wildman–Crippen LogP) is 3.75.